The summed E-state index contributed by atoms with van der Waals surface area (Å²) >= 11 is 6.07. The van der Waals surface area contributed by atoms with Crippen molar-refractivity contribution in [2.75, 3.05) is 13.3 Å². The van der Waals surface area contributed by atoms with Gasteiger partial charge in [0.05, 0.1) is 0 Å². The first-order chi connectivity index (χ1) is 6.83. The molecule has 3 nitrogen and oxygen atoms in total. The highest BCUT2D eigenvalue weighted by Gasteiger charge is 2.19. The zero-order chi connectivity index (χ0) is 9.97. The largest absolute Gasteiger partial charge is 0.454 e. The van der Waals surface area contributed by atoms with E-state index in [1.54, 1.807) is 0 Å². The van der Waals surface area contributed by atoms with Crippen molar-refractivity contribution in [3.63, 3.8) is 0 Å². The van der Waals surface area contributed by atoms with Gasteiger partial charge in [0.25, 0.3) is 0 Å². The van der Waals surface area contributed by atoms with Gasteiger partial charge in [0.15, 0.2) is 11.5 Å². The molecule has 0 spiro atoms. The Morgan fingerprint density at radius 2 is 2.21 bits per heavy atom. The second kappa shape index (κ2) is 4.07. The lowest BCUT2D eigenvalue weighted by molar-refractivity contribution is 0.173. The second-order valence-electron chi connectivity index (χ2n) is 3.15. The number of benzene rings is 1. The van der Waals surface area contributed by atoms with Gasteiger partial charge < -0.3 is 15.2 Å². The maximum Gasteiger partial charge on any atom is 0.231 e. The molecule has 1 aliphatic rings. The predicted octanol–water partition coefficient (Wildman–Crippen LogP) is 1.96. The van der Waals surface area contributed by atoms with Crippen molar-refractivity contribution in [1.82, 2.24) is 0 Å². The Labute approximate surface area is 87.8 Å². The molecule has 0 amide bonds. The number of ether oxygens (including phenoxy) is 2. The fourth-order valence-corrected chi connectivity index (χ4v) is 1.76. The Hall–Kier alpha value is -0.930. The van der Waals surface area contributed by atoms with Crippen LogP contribution < -0.4 is 15.2 Å². The molecule has 0 aromatic heterocycles. The normalized spacial score (nSPS) is 13.3. The molecule has 0 saturated carbocycles. The standard InChI is InChI=1S/C10H12ClNO2/c11-8-3-4-9-10(14-6-13-9)7(8)2-1-5-12/h3-4H,1-2,5-6,12H2. The zero-order valence-electron chi connectivity index (χ0n) is 7.75. The second-order valence-corrected chi connectivity index (χ2v) is 3.56. The summed E-state index contributed by atoms with van der Waals surface area (Å²) in [4.78, 5) is 0. The quantitative estimate of drug-likeness (QED) is 0.835. The molecule has 0 saturated heterocycles. The number of halogens is 1. The first-order valence-corrected chi connectivity index (χ1v) is 4.98. The molecule has 0 fully saturated rings. The summed E-state index contributed by atoms with van der Waals surface area (Å²) in [5.41, 5.74) is 6.46. The van der Waals surface area contributed by atoms with E-state index >= 15 is 0 Å². The number of hydrogen-bond acceptors (Lipinski definition) is 3. The van der Waals surface area contributed by atoms with Crippen molar-refractivity contribution in [3.8, 4) is 11.5 Å². The molecule has 14 heavy (non-hydrogen) atoms. The molecule has 0 bridgehead atoms. The minimum absolute atomic E-state index is 0.283. The molecule has 1 aliphatic heterocycles. The van der Waals surface area contributed by atoms with Crippen LogP contribution in [0.3, 0.4) is 0 Å². The van der Waals surface area contributed by atoms with E-state index in [1.807, 2.05) is 12.1 Å². The van der Waals surface area contributed by atoms with Crippen molar-refractivity contribution in [2.24, 2.45) is 5.73 Å². The number of nitrogens with two attached hydrogens (primary N) is 1. The maximum absolute atomic E-state index is 6.07. The molecule has 0 unspecified atom stereocenters. The van der Waals surface area contributed by atoms with Crippen LogP contribution in [0.2, 0.25) is 5.02 Å². The van der Waals surface area contributed by atoms with Crippen molar-refractivity contribution >= 4 is 11.6 Å². The lowest BCUT2D eigenvalue weighted by atomic mass is 10.1. The smallest absolute Gasteiger partial charge is 0.231 e. The molecule has 2 rings (SSSR count). The average Bonchev–Trinajstić information content (AvgIpc) is 2.64. The third-order valence-electron chi connectivity index (χ3n) is 2.22. The number of fused-ring (bicyclic) bond motifs is 1. The Balaban J connectivity index is 2.31. The van der Waals surface area contributed by atoms with Gasteiger partial charge in [-0.15, -0.1) is 0 Å². The van der Waals surface area contributed by atoms with E-state index in [9.17, 15) is 0 Å². The number of rotatable bonds is 3. The van der Waals surface area contributed by atoms with Crippen LogP contribution >= 0.6 is 11.6 Å². The molecule has 0 aliphatic carbocycles. The highest BCUT2D eigenvalue weighted by molar-refractivity contribution is 6.31. The average molecular weight is 214 g/mol. The van der Waals surface area contributed by atoms with E-state index in [4.69, 9.17) is 26.8 Å². The van der Waals surface area contributed by atoms with Crippen molar-refractivity contribution in [2.45, 2.75) is 12.8 Å². The molecular weight excluding hydrogens is 202 g/mol. The van der Waals surface area contributed by atoms with E-state index in [-0.39, 0.29) is 6.79 Å². The van der Waals surface area contributed by atoms with Crippen LogP contribution in [0.25, 0.3) is 0 Å². The maximum atomic E-state index is 6.07. The summed E-state index contributed by atoms with van der Waals surface area (Å²) in [6.07, 6.45) is 1.74. The van der Waals surface area contributed by atoms with Crippen molar-refractivity contribution in [3.05, 3.63) is 22.7 Å². The lowest BCUT2D eigenvalue weighted by Crippen LogP contribution is -2.01. The molecule has 0 radical (unpaired) electrons. The first kappa shape index (κ1) is 9.62. The highest BCUT2D eigenvalue weighted by Crippen LogP contribution is 2.39. The predicted molar refractivity (Wildman–Crippen MR) is 55.0 cm³/mol. The van der Waals surface area contributed by atoms with E-state index in [1.165, 1.54) is 0 Å². The molecule has 1 heterocycles. The van der Waals surface area contributed by atoms with Crippen LogP contribution in [0.1, 0.15) is 12.0 Å². The van der Waals surface area contributed by atoms with E-state index in [0.717, 1.165) is 34.9 Å². The summed E-state index contributed by atoms with van der Waals surface area (Å²) in [6, 6.07) is 3.66. The van der Waals surface area contributed by atoms with E-state index in [2.05, 4.69) is 0 Å². The van der Waals surface area contributed by atoms with E-state index < -0.39 is 0 Å². The third kappa shape index (κ3) is 1.65. The summed E-state index contributed by atoms with van der Waals surface area (Å²) in [6.45, 7) is 0.937. The first-order valence-electron chi connectivity index (χ1n) is 4.60. The fourth-order valence-electron chi connectivity index (χ4n) is 1.52. The molecular formula is C10H12ClNO2. The van der Waals surface area contributed by atoms with Crippen LogP contribution in [0.4, 0.5) is 0 Å². The Kier molecular flexibility index (Phi) is 2.79. The highest BCUT2D eigenvalue weighted by atomic mass is 35.5. The van der Waals surface area contributed by atoms with Crippen molar-refractivity contribution < 1.29 is 9.47 Å². The van der Waals surface area contributed by atoms with Gasteiger partial charge in [-0.2, -0.15) is 0 Å². The Morgan fingerprint density at radius 3 is 3.00 bits per heavy atom. The van der Waals surface area contributed by atoms with Gasteiger partial charge in [0, 0.05) is 10.6 Å². The molecule has 0 atom stereocenters. The van der Waals surface area contributed by atoms with Gasteiger partial charge in [0.1, 0.15) is 0 Å². The molecule has 4 heteroatoms. The van der Waals surface area contributed by atoms with Gasteiger partial charge in [-0.3, -0.25) is 0 Å². The molecule has 1 aromatic rings. The van der Waals surface area contributed by atoms with Gasteiger partial charge >= 0.3 is 0 Å². The zero-order valence-corrected chi connectivity index (χ0v) is 8.51. The van der Waals surface area contributed by atoms with Gasteiger partial charge in [-0.05, 0) is 31.5 Å². The van der Waals surface area contributed by atoms with Gasteiger partial charge in [0.2, 0.25) is 6.79 Å². The van der Waals surface area contributed by atoms with Crippen LogP contribution in [0.5, 0.6) is 11.5 Å². The fraction of sp³-hybridized carbons (Fsp3) is 0.400. The summed E-state index contributed by atoms with van der Waals surface area (Å²) in [5, 5.41) is 0.725. The van der Waals surface area contributed by atoms with Crippen molar-refractivity contribution in [1.29, 1.82) is 0 Å². The topological polar surface area (TPSA) is 44.5 Å². The Bertz CT molecular complexity index is 341. The summed E-state index contributed by atoms with van der Waals surface area (Å²) < 4.78 is 10.6. The summed E-state index contributed by atoms with van der Waals surface area (Å²) in [7, 11) is 0. The third-order valence-corrected chi connectivity index (χ3v) is 2.57. The van der Waals surface area contributed by atoms with Crippen LogP contribution in [-0.2, 0) is 6.42 Å². The van der Waals surface area contributed by atoms with Gasteiger partial charge in [-0.1, -0.05) is 11.6 Å². The minimum atomic E-state index is 0.283. The van der Waals surface area contributed by atoms with Crippen LogP contribution in [0.15, 0.2) is 12.1 Å². The van der Waals surface area contributed by atoms with Crippen LogP contribution in [0, 0.1) is 0 Å². The summed E-state index contributed by atoms with van der Waals surface area (Å²) in [5.74, 6) is 1.56. The van der Waals surface area contributed by atoms with Gasteiger partial charge in [-0.25, -0.2) is 0 Å². The van der Waals surface area contributed by atoms with E-state index in [0.29, 0.717) is 6.54 Å². The monoisotopic (exact) mass is 213 g/mol. The number of hydrogen-bond donors (Lipinski definition) is 1. The molecule has 1 aromatic carbocycles. The lowest BCUT2D eigenvalue weighted by Gasteiger charge is -2.06. The molecule has 2 N–H and O–H groups in total. The molecule has 76 valence electrons. The van der Waals surface area contributed by atoms with Crippen LogP contribution in [-0.4, -0.2) is 13.3 Å². The SMILES string of the molecule is NCCCc1c(Cl)ccc2c1OCO2. The Morgan fingerprint density at radius 1 is 1.36 bits per heavy atom. The minimum Gasteiger partial charge on any atom is -0.454 e.